The minimum absolute atomic E-state index is 0.264. The molecule has 1 heterocycles. The lowest BCUT2D eigenvalue weighted by Gasteiger charge is -2.14. The Bertz CT molecular complexity index is 1370. The van der Waals surface area contributed by atoms with Crippen LogP contribution in [-0.2, 0) is 4.79 Å². The summed E-state index contributed by atoms with van der Waals surface area (Å²) in [7, 11) is 4.74. The van der Waals surface area contributed by atoms with Crippen LogP contribution in [0.15, 0.2) is 71.4 Å². The molecule has 0 fully saturated rings. The Hall–Kier alpha value is -4.19. The van der Waals surface area contributed by atoms with E-state index in [2.05, 4.69) is 5.32 Å². The lowest BCUT2D eigenvalue weighted by molar-refractivity contribution is -0.111. The highest BCUT2D eigenvalue weighted by atomic mass is 16.5. The molecule has 0 atom stereocenters. The van der Waals surface area contributed by atoms with Crippen molar-refractivity contribution in [1.29, 1.82) is 0 Å². The number of rotatable bonds is 7. The number of furan rings is 1. The molecule has 34 heavy (non-hydrogen) atoms. The number of fused-ring (bicyclic) bond motifs is 1. The highest BCUT2D eigenvalue weighted by molar-refractivity contribution is 6.06. The third-order valence-electron chi connectivity index (χ3n) is 5.76. The highest BCUT2D eigenvalue weighted by Gasteiger charge is 2.19. The van der Waals surface area contributed by atoms with Gasteiger partial charge < -0.3 is 23.9 Å². The van der Waals surface area contributed by atoms with Crippen LogP contribution in [0.3, 0.4) is 0 Å². The summed E-state index contributed by atoms with van der Waals surface area (Å²) in [4.78, 5) is 12.8. The van der Waals surface area contributed by atoms with Crippen LogP contribution in [0.1, 0.15) is 18.1 Å². The van der Waals surface area contributed by atoms with E-state index >= 15 is 0 Å². The Kier molecular flexibility index (Phi) is 6.59. The number of benzene rings is 3. The summed E-state index contributed by atoms with van der Waals surface area (Å²) in [5.74, 6) is 1.54. The van der Waals surface area contributed by atoms with Crippen LogP contribution in [0.5, 0.6) is 17.2 Å². The lowest BCUT2D eigenvalue weighted by Crippen LogP contribution is -2.09. The molecule has 0 saturated heterocycles. The average Bonchev–Trinajstić information content (AvgIpc) is 3.28. The van der Waals surface area contributed by atoms with Crippen molar-refractivity contribution in [3.05, 3.63) is 78.1 Å². The maximum atomic E-state index is 12.8. The molecule has 0 unspecified atom stereocenters. The van der Waals surface area contributed by atoms with E-state index in [0.717, 1.165) is 38.8 Å². The maximum absolute atomic E-state index is 12.8. The molecule has 6 nitrogen and oxygen atoms in total. The largest absolute Gasteiger partial charge is 0.496 e. The number of methoxy groups -OCH3 is 3. The fourth-order valence-corrected chi connectivity index (χ4v) is 4.08. The topological polar surface area (TPSA) is 69.9 Å². The van der Waals surface area contributed by atoms with Crippen LogP contribution in [0.25, 0.3) is 27.7 Å². The van der Waals surface area contributed by atoms with Gasteiger partial charge >= 0.3 is 0 Å². The Labute approximate surface area is 198 Å². The standard InChI is InChI=1S/C28H27NO5/c1-17(13-26(30)29-20-11-12-24(31-3)25(14-20)32-4)21-15-22-23(19-9-7-6-8-10-19)16-34-28(22)18(2)27(21)33-5/h6-16H,1-5H3,(H,29,30)/b17-13+. The van der Waals surface area contributed by atoms with Gasteiger partial charge in [-0.25, -0.2) is 0 Å². The van der Waals surface area contributed by atoms with Crippen molar-refractivity contribution >= 4 is 28.1 Å². The summed E-state index contributed by atoms with van der Waals surface area (Å²) < 4.78 is 22.2. The van der Waals surface area contributed by atoms with Gasteiger partial charge in [0, 0.05) is 39.9 Å². The first-order valence-corrected chi connectivity index (χ1v) is 10.8. The third-order valence-corrected chi connectivity index (χ3v) is 5.76. The molecule has 174 valence electrons. The van der Waals surface area contributed by atoms with E-state index in [1.807, 2.05) is 50.2 Å². The zero-order valence-electron chi connectivity index (χ0n) is 19.9. The van der Waals surface area contributed by atoms with Crippen molar-refractivity contribution in [1.82, 2.24) is 0 Å². The number of allylic oxidation sites excluding steroid dienone is 1. The summed E-state index contributed by atoms with van der Waals surface area (Å²) in [6.07, 6.45) is 3.32. The van der Waals surface area contributed by atoms with Gasteiger partial charge in [-0.1, -0.05) is 30.3 Å². The van der Waals surface area contributed by atoms with Gasteiger partial charge in [-0.2, -0.15) is 0 Å². The minimum Gasteiger partial charge on any atom is -0.496 e. The fraction of sp³-hybridized carbons (Fsp3) is 0.179. The fourth-order valence-electron chi connectivity index (χ4n) is 4.08. The molecule has 4 aromatic rings. The smallest absolute Gasteiger partial charge is 0.248 e. The normalized spacial score (nSPS) is 11.4. The monoisotopic (exact) mass is 457 g/mol. The van der Waals surface area contributed by atoms with Crippen LogP contribution in [0.4, 0.5) is 5.69 Å². The van der Waals surface area contributed by atoms with Crippen LogP contribution in [0, 0.1) is 6.92 Å². The highest BCUT2D eigenvalue weighted by Crippen LogP contribution is 2.40. The number of anilines is 1. The van der Waals surface area contributed by atoms with Gasteiger partial charge in [-0.15, -0.1) is 0 Å². The minimum atomic E-state index is -0.264. The molecule has 1 aromatic heterocycles. The first-order chi connectivity index (χ1) is 16.5. The molecule has 1 N–H and O–H groups in total. The summed E-state index contributed by atoms with van der Waals surface area (Å²) in [5, 5.41) is 3.85. The zero-order valence-corrected chi connectivity index (χ0v) is 19.9. The van der Waals surface area contributed by atoms with Crippen LogP contribution >= 0.6 is 0 Å². The molecule has 0 aliphatic heterocycles. The molecule has 0 aliphatic rings. The molecule has 0 saturated carbocycles. The van der Waals surface area contributed by atoms with Gasteiger partial charge in [0.2, 0.25) is 5.91 Å². The van der Waals surface area contributed by atoms with Crippen LogP contribution < -0.4 is 19.5 Å². The molecule has 0 radical (unpaired) electrons. The van der Waals surface area contributed by atoms with Crippen molar-refractivity contribution in [2.24, 2.45) is 0 Å². The molecular weight excluding hydrogens is 430 g/mol. The van der Waals surface area contributed by atoms with Gasteiger partial charge in [0.05, 0.1) is 27.6 Å². The molecule has 0 spiro atoms. The van der Waals surface area contributed by atoms with Gasteiger partial charge in [0.15, 0.2) is 11.5 Å². The number of carbonyl (C=O) groups is 1. The van der Waals surface area contributed by atoms with Gasteiger partial charge in [-0.05, 0) is 43.2 Å². The van der Waals surface area contributed by atoms with E-state index in [4.69, 9.17) is 18.6 Å². The van der Waals surface area contributed by atoms with E-state index in [0.29, 0.717) is 22.9 Å². The number of hydrogen-bond acceptors (Lipinski definition) is 5. The third kappa shape index (κ3) is 4.35. The van der Waals surface area contributed by atoms with E-state index in [9.17, 15) is 4.79 Å². The van der Waals surface area contributed by atoms with Gasteiger partial charge in [0.1, 0.15) is 11.3 Å². The molecule has 0 aliphatic carbocycles. The number of amides is 1. The van der Waals surface area contributed by atoms with Crippen LogP contribution in [0.2, 0.25) is 0 Å². The molecule has 6 heteroatoms. The lowest BCUT2D eigenvalue weighted by atomic mass is 9.96. The van der Waals surface area contributed by atoms with E-state index in [1.165, 1.54) is 0 Å². The van der Waals surface area contributed by atoms with E-state index in [-0.39, 0.29) is 5.91 Å². The van der Waals surface area contributed by atoms with Crippen LogP contribution in [-0.4, -0.2) is 27.2 Å². The van der Waals surface area contributed by atoms with Crippen molar-refractivity contribution in [3.8, 4) is 28.4 Å². The first-order valence-electron chi connectivity index (χ1n) is 10.8. The summed E-state index contributed by atoms with van der Waals surface area (Å²) in [6.45, 7) is 3.85. The Morgan fingerprint density at radius 2 is 1.68 bits per heavy atom. The number of carbonyl (C=O) groups excluding carboxylic acids is 1. The molecular formula is C28H27NO5. The Balaban J connectivity index is 1.71. The van der Waals surface area contributed by atoms with Crippen molar-refractivity contribution in [3.63, 3.8) is 0 Å². The average molecular weight is 458 g/mol. The number of ether oxygens (including phenoxy) is 3. The predicted octanol–water partition coefficient (Wildman–Crippen LogP) is 6.48. The van der Waals surface area contributed by atoms with Crippen molar-refractivity contribution < 1.29 is 23.4 Å². The molecule has 4 rings (SSSR count). The summed E-state index contributed by atoms with van der Waals surface area (Å²) in [5.41, 5.74) is 5.89. The number of aryl methyl sites for hydroxylation is 1. The molecule has 3 aromatic carbocycles. The number of nitrogens with one attached hydrogen (secondary N) is 1. The summed E-state index contributed by atoms with van der Waals surface area (Å²) >= 11 is 0. The predicted molar refractivity (Wildman–Crippen MR) is 135 cm³/mol. The van der Waals surface area contributed by atoms with Crippen molar-refractivity contribution in [2.75, 3.05) is 26.6 Å². The van der Waals surface area contributed by atoms with Crippen molar-refractivity contribution in [2.45, 2.75) is 13.8 Å². The maximum Gasteiger partial charge on any atom is 0.248 e. The molecule has 0 bridgehead atoms. The Morgan fingerprint density at radius 3 is 2.35 bits per heavy atom. The number of hydrogen-bond donors (Lipinski definition) is 1. The van der Waals surface area contributed by atoms with Gasteiger partial charge in [0.25, 0.3) is 0 Å². The second-order valence-corrected chi connectivity index (χ2v) is 7.86. The quantitative estimate of drug-likeness (QED) is 0.322. The Morgan fingerprint density at radius 1 is 0.941 bits per heavy atom. The zero-order chi connectivity index (χ0) is 24.2. The van der Waals surface area contributed by atoms with E-state index in [1.54, 1.807) is 51.9 Å². The molecule has 1 amide bonds. The van der Waals surface area contributed by atoms with Gasteiger partial charge in [-0.3, -0.25) is 4.79 Å². The first kappa shape index (κ1) is 23.0. The summed E-state index contributed by atoms with van der Waals surface area (Å²) in [6, 6.07) is 17.3. The SMILES string of the molecule is COc1ccc(NC(=O)/C=C(\C)c2cc3c(-c4ccccc4)coc3c(C)c2OC)cc1OC. The second-order valence-electron chi connectivity index (χ2n) is 7.86. The van der Waals surface area contributed by atoms with E-state index < -0.39 is 0 Å². The second kappa shape index (κ2) is 9.75.